The van der Waals surface area contributed by atoms with Crippen LogP contribution in [0.1, 0.15) is 31.8 Å². The van der Waals surface area contributed by atoms with Crippen LogP contribution in [0.5, 0.6) is 0 Å². The summed E-state index contributed by atoms with van der Waals surface area (Å²) < 4.78 is 0. The molecule has 0 fully saturated rings. The van der Waals surface area contributed by atoms with Crippen LogP contribution in [0.3, 0.4) is 0 Å². The lowest BCUT2D eigenvalue weighted by Gasteiger charge is -2.17. The molecule has 27 heavy (non-hydrogen) atoms. The highest BCUT2D eigenvalue weighted by atomic mass is 16.2. The summed E-state index contributed by atoms with van der Waals surface area (Å²) in [4.78, 5) is 27.0. The first-order valence-corrected chi connectivity index (χ1v) is 9.00. The van der Waals surface area contributed by atoms with E-state index < -0.39 is 0 Å². The topological polar surface area (TPSA) is 49.4 Å². The largest absolute Gasteiger partial charge is 0.322 e. The maximum Gasteiger partial charge on any atom is 0.258 e. The van der Waals surface area contributed by atoms with Crippen molar-refractivity contribution in [1.29, 1.82) is 0 Å². The van der Waals surface area contributed by atoms with Crippen molar-refractivity contribution in [3.05, 3.63) is 95.1 Å². The van der Waals surface area contributed by atoms with Gasteiger partial charge in [0, 0.05) is 29.0 Å². The molecule has 2 amide bonds. The van der Waals surface area contributed by atoms with Crippen molar-refractivity contribution in [2.24, 2.45) is 0 Å². The summed E-state index contributed by atoms with van der Waals surface area (Å²) in [5.74, 6) is -0.178. The predicted molar refractivity (Wildman–Crippen MR) is 107 cm³/mol. The van der Waals surface area contributed by atoms with Crippen molar-refractivity contribution in [2.45, 2.75) is 13.3 Å². The molecule has 0 radical (unpaired) electrons. The molecule has 0 aliphatic carbocycles. The molecule has 0 saturated carbocycles. The number of rotatable bonds is 3. The van der Waals surface area contributed by atoms with Crippen LogP contribution in [0, 0.1) is 6.92 Å². The summed E-state index contributed by atoms with van der Waals surface area (Å²) in [5.41, 5.74) is 5.12. The van der Waals surface area contributed by atoms with Crippen LogP contribution in [0.2, 0.25) is 0 Å². The van der Waals surface area contributed by atoms with E-state index in [1.165, 1.54) is 5.56 Å². The highest BCUT2D eigenvalue weighted by Gasteiger charge is 2.24. The van der Waals surface area contributed by atoms with Crippen molar-refractivity contribution >= 4 is 23.2 Å². The number of fused-ring (bicyclic) bond motifs is 1. The Morgan fingerprint density at radius 1 is 0.889 bits per heavy atom. The van der Waals surface area contributed by atoms with E-state index in [1.54, 1.807) is 30.3 Å². The van der Waals surface area contributed by atoms with Gasteiger partial charge < -0.3 is 10.2 Å². The van der Waals surface area contributed by atoms with Gasteiger partial charge in [-0.05, 0) is 61.4 Å². The van der Waals surface area contributed by atoms with Crippen molar-refractivity contribution in [3.63, 3.8) is 0 Å². The van der Waals surface area contributed by atoms with Gasteiger partial charge in [0.2, 0.25) is 0 Å². The van der Waals surface area contributed by atoms with Crippen molar-refractivity contribution in [2.75, 3.05) is 16.8 Å². The number of carbonyl (C=O) groups is 2. The number of hydrogen-bond donors (Lipinski definition) is 1. The van der Waals surface area contributed by atoms with Crippen LogP contribution >= 0.6 is 0 Å². The molecule has 3 aromatic rings. The molecule has 4 rings (SSSR count). The smallest absolute Gasteiger partial charge is 0.258 e. The van der Waals surface area contributed by atoms with Gasteiger partial charge >= 0.3 is 0 Å². The fourth-order valence-corrected chi connectivity index (χ4v) is 3.39. The lowest BCUT2D eigenvalue weighted by molar-refractivity contribution is 0.0988. The Kier molecular flexibility index (Phi) is 4.47. The second-order valence-corrected chi connectivity index (χ2v) is 6.74. The highest BCUT2D eigenvalue weighted by molar-refractivity contribution is 6.08. The van der Waals surface area contributed by atoms with Gasteiger partial charge in [-0.25, -0.2) is 0 Å². The number of nitrogens with one attached hydrogen (secondary N) is 1. The zero-order chi connectivity index (χ0) is 18.8. The predicted octanol–water partition coefficient (Wildman–Crippen LogP) is 4.45. The molecule has 1 N–H and O–H groups in total. The summed E-state index contributed by atoms with van der Waals surface area (Å²) in [5, 5.41) is 2.87. The Labute approximate surface area is 158 Å². The quantitative estimate of drug-likeness (QED) is 0.754. The van der Waals surface area contributed by atoms with Gasteiger partial charge in [-0.1, -0.05) is 35.9 Å². The molecule has 134 valence electrons. The second kappa shape index (κ2) is 7.08. The molecule has 4 nitrogen and oxygen atoms in total. The minimum absolute atomic E-state index is 0.0171. The minimum atomic E-state index is -0.161. The maximum atomic E-state index is 12.8. The number of benzene rings is 3. The summed E-state index contributed by atoms with van der Waals surface area (Å²) in [6.45, 7) is 2.65. The fraction of sp³-hybridized carbons (Fsp3) is 0.130. The van der Waals surface area contributed by atoms with Crippen LogP contribution in [0.4, 0.5) is 11.4 Å². The molecular formula is C23H20N2O2. The number of para-hydroxylation sites is 1. The summed E-state index contributed by atoms with van der Waals surface area (Å²) in [7, 11) is 0. The van der Waals surface area contributed by atoms with Crippen LogP contribution < -0.4 is 10.2 Å². The van der Waals surface area contributed by atoms with Gasteiger partial charge in [0.05, 0.1) is 0 Å². The number of nitrogens with zero attached hydrogens (tertiary/aromatic N) is 1. The molecule has 3 aromatic carbocycles. The van der Waals surface area contributed by atoms with Crippen molar-refractivity contribution < 1.29 is 9.59 Å². The zero-order valence-electron chi connectivity index (χ0n) is 15.1. The lowest BCUT2D eigenvalue weighted by Crippen LogP contribution is -2.28. The molecule has 1 aliphatic rings. The Morgan fingerprint density at radius 2 is 1.67 bits per heavy atom. The number of amides is 2. The van der Waals surface area contributed by atoms with Crippen molar-refractivity contribution in [3.8, 4) is 0 Å². The molecule has 0 unspecified atom stereocenters. The third kappa shape index (κ3) is 3.47. The average molecular weight is 356 g/mol. The SMILES string of the molecule is Cc1cccc(C(=O)Nc2ccc(C(=O)N3CCc4ccccc43)cc2)c1. The van der Waals surface area contributed by atoms with Crippen molar-refractivity contribution in [1.82, 2.24) is 0 Å². The Hall–Kier alpha value is -3.40. The van der Waals surface area contributed by atoms with E-state index in [1.807, 2.05) is 48.2 Å². The first-order valence-electron chi connectivity index (χ1n) is 9.00. The number of aryl methyl sites for hydroxylation is 1. The monoisotopic (exact) mass is 356 g/mol. The first-order chi connectivity index (χ1) is 13.1. The van der Waals surface area contributed by atoms with E-state index >= 15 is 0 Å². The third-order valence-electron chi connectivity index (χ3n) is 4.80. The average Bonchev–Trinajstić information content (AvgIpc) is 3.12. The van der Waals surface area contributed by atoms with E-state index in [2.05, 4.69) is 11.4 Å². The van der Waals surface area contributed by atoms with Gasteiger partial charge in [0.25, 0.3) is 11.8 Å². The number of hydrogen-bond acceptors (Lipinski definition) is 2. The molecule has 0 atom stereocenters. The second-order valence-electron chi connectivity index (χ2n) is 6.74. The van der Waals surface area contributed by atoms with Crippen LogP contribution in [-0.4, -0.2) is 18.4 Å². The van der Waals surface area contributed by atoms with Gasteiger partial charge in [0.15, 0.2) is 0 Å². The molecule has 1 aliphatic heterocycles. The number of carbonyl (C=O) groups excluding carboxylic acids is 2. The third-order valence-corrected chi connectivity index (χ3v) is 4.80. The first kappa shape index (κ1) is 17.0. The van der Waals surface area contributed by atoms with E-state index in [0.717, 1.165) is 17.7 Å². The maximum absolute atomic E-state index is 12.8. The van der Waals surface area contributed by atoms with E-state index in [4.69, 9.17) is 0 Å². The molecule has 0 spiro atoms. The summed E-state index contributed by atoms with van der Waals surface area (Å²) in [6, 6.07) is 22.5. The lowest BCUT2D eigenvalue weighted by atomic mass is 10.1. The fourth-order valence-electron chi connectivity index (χ4n) is 3.39. The van der Waals surface area contributed by atoms with Gasteiger partial charge in [0.1, 0.15) is 0 Å². The van der Waals surface area contributed by atoms with Gasteiger partial charge in [-0.3, -0.25) is 9.59 Å². The molecule has 0 bridgehead atoms. The summed E-state index contributed by atoms with van der Waals surface area (Å²) >= 11 is 0. The molecular weight excluding hydrogens is 336 g/mol. The Morgan fingerprint density at radius 3 is 2.44 bits per heavy atom. The Balaban J connectivity index is 1.48. The van der Waals surface area contributed by atoms with Gasteiger partial charge in [-0.15, -0.1) is 0 Å². The molecule has 1 heterocycles. The van der Waals surface area contributed by atoms with E-state index in [9.17, 15) is 9.59 Å². The molecule has 4 heteroatoms. The van der Waals surface area contributed by atoms with Gasteiger partial charge in [-0.2, -0.15) is 0 Å². The van der Waals surface area contributed by atoms with Crippen LogP contribution in [0.15, 0.2) is 72.8 Å². The normalized spacial score (nSPS) is 12.6. The summed E-state index contributed by atoms with van der Waals surface area (Å²) in [6.07, 6.45) is 0.881. The standard InChI is InChI=1S/C23H20N2O2/c1-16-5-4-7-19(15-16)22(26)24-20-11-9-18(10-12-20)23(27)25-14-13-17-6-2-3-8-21(17)25/h2-12,15H,13-14H2,1H3,(H,24,26). The number of anilines is 2. The van der Waals surface area contributed by atoms with E-state index in [-0.39, 0.29) is 11.8 Å². The highest BCUT2D eigenvalue weighted by Crippen LogP contribution is 2.29. The van der Waals surface area contributed by atoms with Crippen LogP contribution in [-0.2, 0) is 6.42 Å². The minimum Gasteiger partial charge on any atom is -0.322 e. The molecule has 0 aromatic heterocycles. The van der Waals surface area contributed by atoms with E-state index in [0.29, 0.717) is 23.4 Å². The molecule has 0 saturated heterocycles. The Bertz CT molecular complexity index is 1010. The zero-order valence-corrected chi connectivity index (χ0v) is 15.1. The van der Waals surface area contributed by atoms with Crippen LogP contribution in [0.25, 0.3) is 0 Å².